The van der Waals surface area contributed by atoms with Crippen LogP contribution in [-0.2, 0) is 6.54 Å². The van der Waals surface area contributed by atoms with Crippen LogP contribution in [0, 0.1) is 17.0 Å². The van der Waals surface area contributed by atoms with Crippen LogP contribution in [0.25, 0.3) is 10.9 Å². The number of carbonyl (C=O) groups excluding carboxylic acids is 1. The largest absolute Gasteiger partial charge is 0.322 e. The predicted molar refractivity (Wildman–Crippen MR) is 105 cm³/mol. The lowest BCUT2D eigenvalue weighted by Gasteiger charge is -2.21. The first kappa shape index (κ1) is 19.0. The highest BCUT2D eigenvalue weighted by atomic mass is 16.6. The van der Waals surface area contributed by atoms with Gasteiger partial charge in [-0.05, 0) is 32.0 Å². The van der Waals surface area contributed by atoms with Crippen LogP contribution in [0.1, 0.15) is 18.3 Å². The molecule has 0 aliphatic heterocycles. The molecular weight excluding hydrogens is 362 g/mol. The van der Waals surface area contributed by atoms with Crippen LogP contribution in [-0.4, -0.2) is 32.4 Å². The number of anilines is 1. The summed E-state index contributed by atoms with van der Waals surface area (Å²) in [4.78, 5) is 43.9. The molecule has 9 nitrogen and oxygen atoms in total. The van der Waals surface area contributed by atoms with E-state index in [1.54, 1.807) is 50.2 Å². The van der Waals surface area contributed by atoms with Crippen molar-refractivity contribution in [1.82, 2.24) is 14.9 Å². The molecule has 1 heterocycles. The Bertz CT molecular complexity index is 1110. The Morgan fingerprint density at radius 1 is 1.29 bits per heavy atom. The van der Waals surface area contributed by atoms with Gasteiger partial charge in [-0.3, -0.25) is 14.9 Å². The summed E-state index contributed by atoms with van der Waals surface area (Å²) in [7, 11) is 0. The van der Waals surface area contributed by atoms with Crippen molar-refractivity contribution in [2.75, 3.05) is 11.9 Å². The fourth-order valence-electron chi connectivity index (χ4n) is 2.80. The Morgan fingerprint density at radius 2 is 2.04 bits per heavy atom. The van der Waals surface area contributed by atoms with Crippen molar-refractivity contribution in [3.8, 4) is 0 Å². The zero-order valence-electron chi connectivity index (χ0n) is 15.4. The normalized spacial score (nSPS) is 10.6. The van der Waals surface area contributed by atoms with Crippen LogP contribution in [0.4, 0.5) is 16.2 Å². The number of urea groups is 1. The molecule has 144 valence electrons. The Morgan fingerprint density at radius 3 is 2.75 bits per heavy atom. The number of aromatic amines is 1. The van der Waals surface area contributed by atoms with Gasteiger partial charge in [0, 0.05) is 23.9 Å². The summed E-state index contributed by atoms with van der Waals surface area (Å²) in [5, 5.41) is 14.2. The molecule has 2 N–H and O–H groups in total. The minimum absolute atomic E-state index is 0.0682. The van der Waals surface area contributed by atoms with Gasteiger partial charge in [-0.1, -0.05) is 18.2 Å². The Kier molecular flexibility index (Phi) is 5.35. The number of nitro benzene ring substituents is 1. The summed E-state index contributed by atoms with van der Waals surface area (Å²) in [5.41, 5.74) is 1.04. The third kappa shape index (κ3) is 3.98. The molecule has 0 unspecified atom stereocenters. The summed E-state index contributed by atoms with van der Waals surface area (Å²) in [6.07, 6.45) is 0. The van der Waals surface area contributed by atoms with E-state index in [0.717, 1.165) is 0 Å². The van der Waals surface area contributed by atoms with Crippen molar-refractivity contribution in [2.24, 2.45) is 0 Å². The maximum absolute atomic E-state index is 12.6. The minimum Gasteiger partial charge on any atom is -0.317 e. The first-order valence-electron chi connectivity index (χ1n) is 8.68. The average molecular weight is 381 g/mol. The second kappa shape index (κ2) is 7.87. The third-order valence-electron chi connectivity index (χ3n) is 4.33. The minimum atomic E-state index is -0.494. The Hall–Kier alpha value is -3.75. The number of fused-ring (bicyclic) bond motifs is 1. The van der Waals surface area contributed by atoms with Crippen molar-refractivity contribution in [3.05, 3.63) is 74.3 Å². The number of carbonyl (C=O) groups is 1. The number of nitro groups is 1. The molecule has 0 spiro atoms. The van der Waals surface area contributed by atoms with Crippen LogP contribution in [0.5, 0.6) is 0 Å². The van der Waals surface area contributed by atoms with E-state index in [4.69, 9.17) is 0 Å². The third-order valence-corrected chi connectivity index (χ3v) is 4.33. The van der Waals surface area contributed by atoms with Gasteiger partial charge in [-0.2, -0.15) is 0 Å². The highest BCUT2D eigenvalue weighted by Gasteiger charge is 2.17. The molecular formula is C19H19N5O4. The number of H-pyrrole nitrogens is 1. The van der Waals surface area contributed by atoms with Gasteiger partial charge in [0.25, 0.3) is 11.2 Å². The van der Waals surface area contributed by atoms with E-state index >= 15 is 0 Å². The van der Waals surface area contributed by atoms with E-state index in [2.05, 4.69) is 15.3 Å². The summed E-state index contributed by atoms with van der Waals surface area (Å²) >= 11 is 0. The SMILES string of the molecule is CCN(Cc1nc2ccccc2c(=O)[nH]1)C(=O)Nc1ccc(C)c([N+](=O)[O-])c1. The second-order valence-corrected chi connectivity index (χ2v) is 6.23. The van der Waals surface area contributed by atoms with Gasteiger partial charge in [0.15, 0.2) is 0 Å². The lowest BCUT2D eigenvalue weighted by molar-refractivity contribution is -0.385. The Labute approximate surface area is 160 Å². The number of benzene rings is 2. The number of para-hydroxylation sites is 1. The molecule has 0 saturated heterocycles. The summed E-state index contributed by atoms with van der Waals surface area (Å²) in [6.45, 7) is 3.87. The molecule has 2 amide bonds. The number of nitrogens with zero attached hydrogens (tertiary/aromatic N) is 3. The number of nitrogens with one attached hydrogen (secondary N) is 2. The highest BCUT2D eigenvalue weighted by molar-refractivity contribution is 5.89. The predicted octanol–water partition coefficient (Wildman–Crippen LogP) is 3.19. The molecule has 0 fully saturated rings. The maximum Gasteiger partial charge on any atom is 0.322 e. The number of amides is 2. The molecule has 1 aromatic heterocycles. The maximum atomic E-state index is 12.6. The van der Waals surface area contributed by atoms with Crippen LogP contribution < -0.4 is 10.9 Å². The van der Waals surface area contributed by atoms with Gasteiger partial charge in [-0.25, -0.2) is 9.78 Å². The lowest BCUT2D eigenvalue weighted by atomic mass is 10.2. The molecule has 3 rings (SSSR count). The molecule has 2 aromatic carbocycles. The fraction of sp³-hybridized carbons (Fsp3) is 0.211. The van der Waals surface area contributed by atoms with E-state index in [1.807, 2.05) is 0 Å². The number of aryl methyl sites for hydroxylation is 1. The monoisotopic (exact) mass is 381 g/mol. The van der Waals surface area contributed by atoms with Gasteiger partial charge in [0.1, 0.15) is 5.82 Å². The van der Waals surface area contributed by atoms with Gasteiger partial charge < -0.3 is 15.2 Å². The van der Waals surface area contributed by atoms with Crippen molar-refractivity contribution < 1.29 is 9.72 Å². The molecule has 0 aliphatic carbocycles. The quantitative estimate of drug-likeness (QED) is 0.519. The number of aromatic nitrogens is 2. The zero-order chi connectivity index (χ0) is 20.3. The van der Waals surface area contributed by atoms with Gasteiger partial charge in [-0.15, -0.1) is 0 Å². The van der Waals surface area contributed by atoms with Crippen LogP contribution in [0.2, 0.25) is 0 Å². The van der Waals surface area contributed by atoms with Crippen molar-refractivity contribution in [3.63, 3.8) is 0 Å². The fourth-order valence-corrected chi connectivity index (χ4v) is 2.80. The van der Waals surface area contributed by atoms with E-state index in [0.29, 0.717) is 34.5 Å². The first-order valence-corrected chi connectivity index (χ1v) is 8.68. The summed E-state index contributed by atoms with van der Waals surface area (Å²) in [5.74, 6) is 0.357. The molecule has 0 radical (unpaired) electrons. The van der Waals surface area contributed by atoms with Crippen LogP contribution in [0.15, 0.2) is 47.3 Å². The van der Waals surface area contributed by atoms with Crippen molar-refractivity contribution in [1.29, 1.82) is 0 Å². The van der Waals surface area contributed by atoms with E-state index < -0.39 is 11.0 Å². The summed E-state index contributed by atoms with van der Waals surface area (Å²) < 4.78 is 0. The Balaban J connectivity index is 1.80. The van der Waals surface area contributed by atoms with Crippen molar-refractivity contribution in [2.45, 2.75) is 20.4 Å². The average Bonchev–Trinajstić information content (AvgIpc) is 2.67. The molecule has 3 aromatic rings. The molecule has 0 aliphatic rings. The number of hydrogen-bond donors (Lipinski definition) is 2. The topological polar surface area (TPSA) is 121 Å². The molecule has 28 heavy (non-hydrogen) atoms. The molecule has 0 bridgehead atoms. The van der Waals surface area contributed by atoms with Crippen molar-refractivity contribution >= 4 is 28.3 Å². The summed E-state index contributed by atoms with van der Waals surface area (Å²) in [6, 6.07) is 11.0. The smallest absolute Gasteiger partial charge is 0.317 e. The zero-order valence-corrected chi connectivity index (χ0v) is 15.4. The van der Waals surface area contributed by atoms with E-state index in [-0.39, 0.29) is 17.8 Å². The van der Waals surface area contributed by atoms with Crippen LogP contribution >= 0.6 is 0 Å². The molecule has 0 atom stereocenters. The highest BCUT2D eigenvalue weighted by Crippen LogP contribution is 2.22. The van der Waals surface area contributed by atoms with E-state index in [1.165, 1.54) is 11.0 Å². The molecule has 0 saturated carbocycles. The van der Waals surface area contributed by atoms with Crippen LogP contribution in [0.3, 0.4) is 0 Å². The molecule has 9 heteroatoms. The first-order chi connectivity index (χ1) is 13.4. The number of hydrogen-bond acceptors (Lipinski definition) is 5. The van der Waals surface area contributed by atoms with E-state index in [9.17, 15) is 19.7 Å². The number of rotatable bonds is 5. The van der Waals surface area contributed by atoms with Gasteiger partial charge in [0.05, 0.1) is 22.4 Å². The standard InChI is InChI=1S/C19H19N5O4/c1-3-23(11-17-21-15-7-5-4-6-14(15)18(25)22-17)19(26)20-13-9-8-12(2)16(10-13)24(27)28/h4-10H,3,11H2,1-2H3,(H,20,26)(H,21,22,25). The van der Waals surface area contributed by atoms with Gasteiger partial charge in [0.2, 0.25) is 0 Å². The lowest BCUT2D eigenvalue weighted by Crippen LogP contribution is -2.35. The second-order valence-electron chi connectivity index (χ2n) is 6.23. The van der Waals surface area contributed by atoms with Gasteiger partial charge >= 0.3 is 6.03 Å².